The van der Waals surface area contributed by atoms with Crippen LogP contribution < -0.4 is 5.32 Å². The fourth-order valence-electron chi connectivity index (χ4n) is 1.88. The molecule has 1 aliphatic heterocycles. The molecule has 1 rings (SSSR count). The Balaban J connectivity index is 2.41. The molecule has 1 aliphatic rings. The number of nitrogens with one attached hydrogen (secondary N) is 1. The van der Waals surface area contributed by atoms with E-state index in [1.807, 2.05) is 0 Å². The first-order valence-corrected chi connectivity index (χ1v) is 6.23. The van der Waals surface area contributed by atoms with E-state index < -0.39 is 23.9 Å². The summed E-state index contributed by atoms with van der Waals surface area (Å²) in [6, 6.07) is -1.26. The third-order valence-corrected chi connectivity index (χ3v) is 2.92. The van der Waals surface area contributed by atoms with Gasteiger partial charge in [0.05, 0.1) is 26.1 Å². The normalized spacial score (nSPS) is 20.4. The fraction of sp³-hybridized carbons (Fsp3) is 0.750. The number of hydrogen-bond donors (Lipinski definition) is 2. The van der Waals surface area contributed by atoms with Gasteiger partial charge in [-0.05, 0) is 19.3 Å². The van der Waals surface area contributed by atoms with Crippen molar-refractivity contribution in [1.29, 1.82) is 0 Å². The monoisotopic (exact) mass is 273 g/mol. The van der Waals surface area contributed by atoms with E-state index in [0.717, 1.165) is 19.3 Å². The molecule has 0 bridgehead atoms. The van der Waals surface area contributed by atoms with Crippen LogP contribution in [0.5, 0.6) is 0 Å². The largest absolute Gasteiger partial charge is 0.480 e. The van der Waals surface area contributed by atoms with Crippen LogP contribution in [0.2, 0.25) is 0 Å². The number of carboxylic acid groups (broad SMARTS) is 1. The lowest BCUT2D eigenvalue weighted by atomic mass is 10.1. The topological polar surface area (TPSA) is 102 Å². The molecule has 19 heavy (non-hydrogen) atoms. The van der Waals surface area contributed by atoms with Crippen LogP contribution in [-0.2, 0) is 23.9 Å². The summed E-state index contributed by atoms with van der Waals surface area (Å²) in [5.41, 5.74) is 0. The van der Waals surface area contributed by atoms with Crippen molar-refractivity contribution >= 4 is 17.8 Å². The van der Waals surface area contributed by atoms with Crippen molar-refractivity contribution in [2.24, 2.45) is 0 Å². The van der Waals surface area contributed by atoms with Crippen LogP contribution in [0, 0.1) is 0 Å². The highest BCUT2D eigenvalue weighted by Crippen LogP contribution is 2.15. The minimum Gasteiger partial charge on any atom is -0.480 e. The Morgan fingerprint density at radius 3 is 2.68 bits per heavy atom. The molecule has 0 spiro atoms. The molecule has 108 valence electrons. The Morgan fingerprint density at radius 2 is 2.16 bits per heavy atom. The maximum Gasteiger partial charge on any atom is 0.326 e. The van der Waals surface area contributed by atoms with Gasteiger partial charge in [-0.3, -0.25) is 9.59 Å². The first-order valence-electron chi connectivity index (χ1n) is 6.23. The molecule has 2 N–H and O–H groups in total. The molecule has 2 atom stereocenters. The third-order valence-electron chi connectivity index (χ3n) is 2.92. The number of esters is 1. The van der Waals surface area contributed by atoms with Gasteiger partial charge in [0.2, 0.25) is 5.91 Å². The maximum absolute atomic E-state index is 11.7. The molecule has 0 aliphatic carbocycles. The molecule has 0 aromatic rings. The van der Waals surface area contributed by atoms with Gasteiger partial charge < -0.3 is 19.9 Å². The van der Waals surface area contributed by atoms with E-state index in [2.05, 4.69) is 10.1 Å². The number of methoxy groups -OCH3 is 1. The zero-order chi connectivity index (χ0) is 14.3. The van der Waals surface area contributed by atoms with Crippen LogP contribution >= 0.6 is 0 Å². The second-order valence-corrected chi connectivity index (χ2v) is 4.43. The van der Waals surface area contributed by atoms with Crippen molar-refractivity contribution in [1.82, 2.24) is 5.32 Å². The van der Waals surface area contributed by atoms with E-state index in [9.17, 15) is 14.4 Å². The highest BCUT2D eigenvalue weighted by molar-refractivity contribution is 5.87. The Labute approximate surface area is 111 Å². The van der Waals surface area contributed by atoms with Crippen molar-refractivity contribution in [2.75, 3.05) is 13.7 Å². The number of ether oxygens (including phenoxy) is 2. The van der Waals surface area contributed by atoms with Crippen LogP contribution in [0.15, 0.2) is 0 Å². The lowest BCUT2D eigenvalue weighted by Crippen LogP contribution is -2.43. The quantitative estimate of drug-likeness (QED) is 0.664. The van der Waals surface area contributed by atoms with Crippen LogP contribution in [0.25, 0.3) is 0 Å². The Hall–Kier alpha value is -1.63. The van der Waals surface area contributed by atoms with E-state index in [4.69, 9.17) is 9.84 Å². The van der Waals surface area contributed by atoms with Gasteiger partial charge in [0.25, 0.3) is 0 Å². The number of rotatable bonds is 6. The molecule has 1 heterocycles. The minimum absolute atomic E-state index is 0.116. The summed E-state index contributed by atoms with van der Waals surface area (Å²) in [4.78, 5) is 33.7. The Morgan fingerprint density at radius 1 is 1.42 bits per heavy atom. The average Bonchev–Trinajstić information content (AvgIpc) is 2.38. The molecule has 7 heteroatoms. The van der Waals surface area contributed by atoms with Crippen LogP contribution in [-0.4, -0.2) is 48.8 Å². The zero-order valence-corrected chi connectivity index (χ0v) is 10.9. The molecule has 0 radical (unpaired) electrons. The van der Waals surface area contributed by atoms with Crippen molar-refractivity contribution in [3.05, 3.63) is 0 Å². The lowest BCUT2D eigenvalue weighted by Gasteiger charge is -2.22. The summed E-state index contributed by atoms with van der Waals surface area (Å²) < 4.78 is 9.78. The molecule has 1 saturated heterocycles. The molecule has 0 saturated carbocycles. The molecule has 1 fully saturated rings. The first-order chi connectivity index (χ1) is 9.02. The van der Waals surface area contributed by atoms with E-state index in [-0.39, 0.29) is 18.9 Å². The van der Waals surface area contributed by atoms with Gasteiger partial charge in [0.1, 0.15) is 6.04 Å². The van der Waals surface area contributed by atoms with Crippen LogP contribution in [0.4, 0.5) is 0 Å². The second-order valence-electron chi connectivity index (χ2n) is 4.43. The summed E-state index contributed by atoms with van der Waals surface area (Å²) in [6.07, 6.45) is 2.35. The predicted molar refractivity (Wildman–Crippen MR) is 64.4 cm³/mol. The number of carbonyl (C=O) groups excluding carboxylic acids is 2. The number of carboxylic acids is 1. The van der Waals surface area contributed by atoms with Crippen molar-refractivity contribution < 1.29 is 29.0 Å². The average molecular weight is 273 g/mol. The van der Waals surface area contributed by atoms with E-state index in [0.29, 0.717) is 6.61 Å². The van der Waals surface area contributed by atoms with Crippen molar-refractivity contribution in [3.8, 4) is 0 Å². The number of carbonyl (C=O) groups is 3. The van der Waals surface area contributed by atoms with Crippen LogP contribution in [0.3, 0.4) is 0 Å². The number of amides is 1. The van der Waals surface area contributed by atoms with Gasteiger partial charge in [0.15, 0.2) is 0 Å². The fourth-order valence-corrected chi connectivity index (χ4v) is 1.88. The number of aliphatic carboxylic acids is 1. The minimum atomic E-state index is -1.26. The van der Waals surface area contributed by atoms with Crippen LogP contribution in [0.1, 0.15) is 32.1 Å². The molecule has 0 aromatic carbocycles. The van der Waals surface area contributed by atoms with Gasteiger partial charge in [-0.15, -0.1) is 0 Å². The summed E-state index contributed by atoms with van der Waals surface area (Å²) >= 11 is 0. The highest BCUT2D eigenvalue weighted by Gasteiger charge is 2.25. The van der Waals surface area contributed by atoms with E-state index in [1.54, 1.807) is 0 Å². The smallest absolute Gasteiger partial charge is 0.326 e. The molecule has 0 aromatic heterocycles. The standard InChI is InChI=1S/C12H19NO6/c1-18-11(15)7-9(12(16)17)13-10(14)6-8-4-2-3-5-19-8/h8-9H,2-7H2,1H3,(H,13,14)(H,16,17)/t8?,9-/m0/s1. The second kappa shape index (κ2) is 7.73. The number of hydrogen-bond acceptors (Lipinski definition) is 5. The molecule has 1 unspecified atom stereocenters. The first kappa shape index (κ1) is 15.4. The predicted octanol–water partition coefficient (Wildman–Crippen LogP) is 0.0781. The third kappa shape index (κ3) is 5.69. The Kier molecular flexibility index (Phi) is 6.27. The van der Waals surface area contributed by atoms with Gasteiger partial charge in [-0.2, -0.15) is 0 Å². The molecular formula is C12H19NO6. The summed E-state index contributed by atoms with van der Waals surface area (Å²) in [5.74, 6) is -2.37. The molecular weight excluding hydrogens is 254 g/mol. The highest BCUT2D eigenvalue weighted by atomic mass is 16.5. The maximum atomic E-state index is 11.7. The Bertz CT molecular complexity index is 337. The summed E-state index contributed by atoms with van der Waals surface area (Å²) in [5, 5.41) is 11.2. The molecule has 7 nitrogen and oxygen atoms in total. The van der Waals surface area contributed by atoms with E-state index in [1.165, 1.54) is 7.11 Å². The van der Waals surface area contributed by atoms with Gasteiger partial charge in [0, 0.05) is 6.61 Å². The van der Waals surface area contributed by atoms with Crippen molar-refractivity contribution in [3.63, 3.8) is 0 Å². The summed E-state index contributed by atoms with van der Waals surface area (Å²) in [7, 11) is 1.17. The van der Waals surface area contributed by atoms with Crippen molar-refractivity contribution in [2.45, 2.75) is 44.2 Å². The van der Waals surface area contributed by atoms with Gasteiger partial charge in [-0.1, -0.05) is 0 Å². The SMILES string of the molecule is COC(=O)C[C@H](NC(=O)CC1CCCCO1)C(=O)O. The van der Waals surface area contributed by atoms with Gasteiger partial charge in [-0.25, -0.2) is 4.79 Å². The molecule has 1 amide bonds. The lowest BCUT2D eigenvalue weighted by molar-refractivity contribution is -0.149. The summed E-state index contributed by atoms with van der Waals surface area (Å²) in [6.45, 7) is 0.627. The van der Waals surface area contributed by atoms with Gasteiger partial charge >= 0.3 is 11.9 Å². The zero-order valence-electron chi connectivity index (χ0n) is 10.9. The van der Waals surface area contributed by atoms with E-state index >= 15 is 0 Å².